The minimum atomic E-state index is -0.155. The van der Waals surface area contributed by atoms with E-state index in [2.05, 4.69) is 17.1 Å². The molecule has 0 radical (unpaired) electrons. The number of nitrogens with one attached hydrogen (secondary N) is 1. The highest BCUT2D eigenvalue weighted by Crippen LogP contribution is 2.36. The molecule has 1 aromatic carbocycles. The number of methoxy groups -OCH3 is 2. The number of likely N-dealkylation sites (tertiary alicyclic amines) is 1. The SMILES string of the molecule is COc1cc(OC)c(NC(=O)CSC(=S)N2CCC(C)CC2)cc1Cl. The third kappa shape index (κ3) is 5.66. The van der Waals surface area contributed by atoms with Crippen molar-refractivity contribution in [1.29, 1.82) is 0 Å². The fourth-order valence-electron chi connectivity index (χ4n) is 2.55. The number of rotatable bonds is 5. The van der Waals surface area contributed by atoms with Crippen LogP contribution in [0.2, 0.25) is 5.02 Å². The Morgan fingerprint density at radius 1 is 1.32 bits per heavy atom. The van der Waals surface area contributed by atoms with Crippen LogP contribution in [0.5, 0.6) is 11.5 Å². The zero-order valence-electron chi connectivity index (χ0n) is 14.6. The van der Waals surface area contributed by atoms with Gasteiger partial charge in [-0.2, -0.15) is 0 Å². The molecule has 0 aliphatic carbocycles. The largest absolute Gasteiger partial charge is 0.495 e. The molecule has 8 heteroatoms. The second-order valence-electron chi connectivity index (χ2n) is 5.96. The van der Waals surface area contributed by atoms with Gasteiger partial charge in [-0.25, -0.2) is 0 Å². The smallest absolute Gasteiger partial charge is 0.234 e. The number of benzene rings is 1. The lowest BCUT2D eigenvalue weighted by atomic mass is 10.00. The van der Waals surface area contributed by atoms with Gasteiger partial charge in [0.1, 0.15) is 15.8 Å². The summed E-state index contributed by atoms with van der Waals surface area (Å²) in [6.07, 6.45) is 2.29. The number of hydrogen-bond acceptors (Lipinski definition) is 5. The van der Waals surface area contributed by atoms with E-state index in [0.29, 0.717) is 22.2 Å². The molecule has 1 amide bonds. The van der Waals surface area contributed by atoms with Gasteiger partial charge in [0, 0.05) is 19.2 Å². The fourth-order valence-corrected chi connectivity index (χ4v) is 3.85. The number of hydrogen-bond donors (Lipinski definition) is 1. The lowest BCUT2D eigenvalue weighted by molar-refractivity contribution is -0.113. The van der Waals surface area contributed by atoms with Gasteiger partial charge in [-0.15, -0.1) is 0 Å². The molecule has 5 nitrogen and oxygen atoms in total. The van der Waals surface area contributed by atoms with Crippen LogP contribution in [0.25, 0.3) is 0 Å². The Kier molecular flexibility index (Phi) is 7.65. The molecule has 0 atom stereocenters. The summed E-state index contributed by atoms with van der Waals surface area (Å²) in [5.74, 6) is 1.83. The second kappa shape index (κ2) is 9.50. The molecule has 1 aliphatic heterocycles. The predicted molar refractivity (Wildman–Crippen MR) is 108 cm³/mol. The molecule has 138 valence electrons. The Hall–Kier alpha value is -1.18. The van der Waals surface area contributed by atoms with Crippen molar-refractivity contribution in [3.05, 3.63) is 17.2 Å². The van der Waals surface area contributed by atoms with Crippen LogP contribution in [-0.4, -0.2) is 48.2 Å². The van der Waals surface area contributed by atoms with Gasteiger partial charge in [0.05, 0.1) is 30.7 Å². The summed E-state index contributed by atoms with van der Waals surface area (Å²) in [5, 5.41) is 3.22. The number of carbonyl (C=O) groups excluding carboxylic acids is 1. The van der Waals surface area contributed by atoms with E-state index in [1.165, 1.54) is 26.0 Å². The number of anilines is 1. The Bertz CT molecular complexity index is 635. The van der Waals surface area contributed by atoms with Crippen molar-refractivity contribution in [3.8, 4) is 11.5 Å². The number of carbonyl (C=O) groups is 1. The Labute approximate surface area is 163 Å². The Morgan fingerprint density at radius 3 is 2.56 bits per heavy atom. The summed E-state index contributed by atoms with van der Waals surface area (Å²) in [4.78, 5) is 14.4. The van der Waals surface area contributed by atoms with Crippen molar-refractivity contribution in [2.24, 2.45) is 5.92 Å². The van der Waals surface area contributed by atoms with E-state index in [1.807, 2.05) is 0 Å². The Morgan fingerprint density at radius 2 is 1.96 bits per heavy atom. The van der Waals surface area contributed by atoms with Crippen molar-refractivity contribution in [1.82, 2.24) is 4.90 Å². The molecule has 1 heterocycles. The van der Waals surface area contributed by atoms with Gasteiger partial charge in [0.15, 0.2) is 0 Å². The lowest BCUT2D eigenvalue weighted by Gasteiger charge is -2.31. The van der Waals surface area contributed by atoms with Crippen LogP contribution in [0.3, 0.4) is 0 Å². The van der Waals surface area contributed by atoms with Crippen LogP contribution in [-0.2, 0) is 4.79 Å². The van der Waals surface area contributed by atoms with Gasteiger partial charge >= 0.3 is 0 Å². The van der Waals surface area contributed by atoms with E-state index < -0.39 is 0 Å². The van der Waals surface area contributed by atoms with Gasteiger partial charge in [-0.1, -0.05) is 42.5 Å². The number of piperidine rings is 1. The van der Waals surface area contributed by atoms with Crippen LogP contribution in [0.1, 0.15) is 19.8 Å². The quantitative estimate of drug-likeness (QED) is 0.750. The lowest BCUT2D eigenvalue weighted by Crippen LogP contribution is -2.36. The average molecular weight is 403 g/mol. The monoisotopic (exact) mass is 402 g/mol. The number of amides is 1. The van der Waals surface area contributed by atoms with Crippen molar-refractivity contribution < 1.29 is 14.3 Å². The fraction of sp³-hybridized carbons (Fsp3) is 0.529. The van der Waals surface area contributed by atoms with Crippen LogP contribution in [0.4, 0.5) is 5.69 Å². The third-order valence-electron chi connectivity index (χ3n) is 4.12. The van der Waals surface area contributed by atoms with Crippen molar-refractivity contribution in [2.75, 3.05) is 38.4 Å². The van der Waals surface area contributed by atoms with Crippen molar-refractivity contribution >= 4 is 51.5 Å². The highest BCUT2D eigenvalue weighted by Gasteiger charge is 2.19. The third-order valence-corrected chi connectivity index (χ3v) is 5.94. The van der Waals surface area contributed by atoms with Gasteiger partial charge in [-0.05, 0) is 24.8 Å². The molecule has 25 heavy (non-hydrogen) atoms. The minimum absolute atomic E-state index is 0.155. The zero-order valence-corrected chi connectivity index (χ0v) is 17.0. The number of ether oxygens (including phenoxy) is 2. The van der Waals surface area contributed by atoms with Crippen LogP contribution in [0.15, 0.2) is 12.1 Å². The summed E-state index contributed by atoms with van der Waals surface area (Å²) in [6.45, 7) is 4.20. The summed E-state index contributed by atoms with van der Waals surface area (Å²) in [5.41, 5.74) is 0.511. The van der Waals surface area contributed by atoms with E-state index in [9.17, 15) is 4.79 Å². The van der Waals surface area contributed by atoms with E-state index in [-0.39, 0.29) is 11.7 Å². The summed E-state index contributed by atoms with van der Waals surface area (Å²) >= 11 is 12.9. The number of thioether (sulfide) groups is 1. The molecule has 0 spiro atoms. The van der Waals surface area contributed by atoms with Crippen molar-refractivity contribution in [3.63, 3.8) is 0 Å². The molecule has 1 aromatic rings. The van der Waals surface area contributed by atoms with Gasteiger partial charge in [0.25, 0.3) is 0 Å². The average Bonchev–Trinajstić information content (AvgIpc) is 2.60. The molecule has 1 saturated heterocycles. The minimum Gasteiger partial charge on any atom is -0.495 e. The van der Waals surface area contributed by atoms with Gasteiger partial charge < -0.3 is 19.7 Å². The summed E-state index contributed by atoms with van der Waals surface area (Å²) in [6, 6.07) is 3.26. The standard InChI is InChI=1S/C17H23ClN2O3S2/c1-11-4-6-20(7-5-11)17(24)25-10-16(21)19-13-8-12(18)14(22-2)9-15(13)23-3/h8-9,11H,4-7,10H2,1-3H3,(H,19,21). The molecular weight excluding hydrogens is 380 g/mol. The first-order chi connectivity index (χ1) is 11.9. The highest BCUT2D eigenvalue weighted by atomic mass is 35.5. The van der Waals surface area contributed by atoms with Crippen molar-refractivity contribution in [2.45, 2.75) is 19.8 Å². The molecule has 0 aromatic heterocycles. The van der Waals surface area contributed by atoms with Crippen LogP contribution in [0, 0.1) is 5.92 Å². The topological polar surface area (TPSA) is 50.8 Å². The summed E-state index contributed by atoms with van der Waals surface area (Å²) in [7, 11) is 3.05. The van der Waals surface area contributed by atoms with Gasteiger partial charge in [0.2, 0.25) is 5.91 Å². The molecule has 1 fully saturated rings. The van der Waals surface area contributed by atoms with Crippen LogP contribution < -0.4 is 14.8 Å². The first-order valence-electron chi connectivity index (χ1n) is 8.07. The number of halogens is 1. The van der Waals surface area contributed by atoms with Crippen LogP contribution >= 0.6 is 35.6 Å². The first kappa shape index (κ1) is 20.1. The molecular formula is C17H23ClN2O3S2. The Balaban J connectivity index is 1.90. The van der Waals surface area contributed by atoms with Gasteiger partial charge in [-0.3, -0.25) is 4.79 Å². The maximum Gasteiger partial charge on any atom is 0.234 e. The van der Waals surface area contributed by atoms with E-state index in [1.54, 1.807) is 12.1 Å². The highest BCUT2D eigenvalue weighted by molar-refractivity contribution is 8.23. The molecule has 1 N–H and O–H groups in total. The van der Waals surface area contributed by atoms with E-state index in [4.69, 9.17) is 33.3 Å². The summed E-state index contributed by atoms with van der Waals surface area (Å²) < 4.78 is 11.2. The molecule has 1 aliphatic rings. The molecule has 0 bridgehead atoms. The normalized spacial score (nSPS) is 15.0. The molecule has 2 rings (SSSR count). The molecule has 0 saturated carbocycles. The molecule has 0 unspecified atom stereocenters. The predicted octanol–water partition coefficient (Wildman–Crippen LogP) is 4.05. The second-order valence-corrected chi connectivity index (χ2v) is 7.98. The maximum absolute atomic E-state index is 12.2. The zero-order chi connectivity index (χ0) is 18.4. The number of thiocarbonyl (C=S) groups is 1. The maximum atomic E-state index is 12.2. The first-order valence-corrected chi connectivity index (χ1v) is 9.84. The van der Waals surface area contributed by atoms with E-state index in [0.717, 1.165) is 36.2 Å². The van der Waals surface area contributed by atoms with E-state index >= 15 is 0 Å². The number of nitrogens with zero attached hydrogens (tertiary/aromatic N) is 1.